The Morgan fingerprint density at radius 2 is 2.04 bits per heavy atom. The molecule has 4 heterocycles. The van der Waals surface area contributed by atoms with Gasteiger partial charge in [0.05, 0.1) is 11.6 Å². The van der Waals surface area contributed by atoms with Crippen LogP contribution in [0.1, 0.15) is 36.3 Å². The van der Waals surface area contributed by atoms with Gasteiger partial charge in [0.15, 0.2) is 0 Å². The number of hydrogen-bond donors (Lipinski definition) is 1. The summed E-state index contributed by atoms with van der Waals surface area (Å²) in [5, 5.41) is 15.2. The van der Waals surface area contributed by atoms with Crippen LogP contribution in [0.15, 0.2) is 23.1 Å². The molecule has 2 aliphatic rings. The van der Waals surface area contributed by atoms with Crippen LogP contribution in [0.25, 0.3) is 0 Å². The van der Waals surface area contributed by atoms with E-state index in [1.165, 1.54) is 4.68 Å². The molecule has 2 aromatic rings. The van der Waals surface area contributed by atoms with Gasteiger partial charge < -0.3 is 10.0 Å². The fraction of sp³-hybridized carbons (Fsp3) is 0.579. The zero-order chi connectivity index (χ0) is 19.2. The Bertz CT molecular complexity index is 906. The van der Waals surface area contributed by atoms with E-state index in [4.69, 9.17) is 0 Å². The minimum atomic E-state index is -0.982. The van der Waals surface area contributed by atoms with E-state index >= 15 is 0 Å². The monoisotopic (exact) mass is 371 g/mol. The predicted molar refractivity (Wildman–Crippen MR) is 98.0 cm³/mol. The fourth-order valence-electron chi connectivity index (χ4n) is 4.09. The zero-order valence-corrected chi connectivity index (χ0v) is 15.8. The second kappa shape index (κ2) is 6.60. The van der Waals surface area contributed by atoms with Crippen molar-refractivity contribution in [1.29, 1.82) is 0 Å². The fourth-order valence-corrected chi connectivity index (χ4v) is 4.09. The molecule has 0 aliphatic carbocycles. The van der Waals surface area contributed by atoms with Gasteiger partial charge in [-0.15, -0.1) is 0 Å². The molecule has 1 saturated heterocycles. The number of carbonyl (C=O) groups is 1. The van der Waals surface area contributed by atoms with Crippen LogP contribution >= 0.6 is 0 Å². The summed E-state index contributed by atoms with van der Waals surface area (Å²) in [6, 6.07) is 3.81. The summed E-state index contributed by atoms with van der Waals surface area (Å²) in [4.78, 5) is 31.3. The number of aryl methyl sites for hydroxylation is 3. The lowest BCUT2D eigenvalue weighted by Crippen LogP contribution is -2.49. The molecular weight excluding hydrogens is 346 g/mol. The Balaban J connectivity index is 1.42. The standard InChI is InChI=1S/C19H25N5O3/c1-13-3-5-15(20-11-13)19(27)7-9-23(10-8-19)17(25)14-4-6-16-21-22(2)18(26)24(16)12-14/h3,5,11,14,27H,4,6-10,12H2,1-2H3/t14-/m0/s1. The summed E-state index contributed by atoms with van der Waals surface area (Å²) >= 11 is 0. The van der Waals surface area contributed by atoms with Crippen LogP contribution in [0.5, 0.6) is 0 Å². The van der Waals surface area contributed by atoms with Gasteiger partial charge in [-0.1, -0.05) is 6.07 Å². The summed E-state index contributed by atoms with van der Waals surface area (Å²) in [7, 11) is 1.63. The quantitative estimate of drug-likeness (QED) is 0.823. The summed E-state index contributed by atoms with van der Waals surface area (Å²) in [6.07, 6.45) is 4.04. The maximum Gasteiger partial charge on any atom is 0.345 e. The number of carbonyl (C=O) groups excluding carboxylic acids is 1. The van der Waals surface area contributed by atoms with Crippen LogP contribution < -0.4 is 5.69 Å². The number of amides is 1. The first-order valence-corrected chi connectivity index (χ1v) is 9.44. The molecule has 4 rings (SSSR count). The molecule has 1 N–H and O–H groups in total. The van der Waals surface area contributed by atoms with E-state index < -0.39 is 5.60 Å². The van der Waals surface area contributed by atoms with Gasteiger partial charge in [-0.05, 0) is 37.8 Å². The van der Waals surface area contributed by atoms with Gasteiger partial charge in [0, 0.05) is 39.3 Å². The summed E-state index contributed by atoms with van der Waals surface area (Å²) < 4.78 is 2.94. The third-order valence-electron chi connectivity index (χ3n) is 5.84. The molecule has 1 amide bonds. The van der Waals surface area contributed by atoms with Crippen LogP contribution in [0.4, 0.5) is 0 Å². The molecule has 2 aliphatic heterocycles. The van der Waals surface area contributed by atoms with Crippen LogP contribution in [0, 0.1) is 12.8 Å². The molecule has 0 spiro atoms. The smallest absolute Gasteiger partial charge is 0.345 e. The van der Waals surface area contributed by atoms with Crippen molar-refractivity contribution in [3.8, 4) is 0 Å². The molecule has 27 heavy (non-hydrogen) atoms. The number of pyridine rings is 1. The first-order valence-electron chi connectivity index (χ1n) is 9.44. The third-order valence-corrected chi connectivity index (χ3v) is 5.84. The Morgan fingerprint density at radius 3 is 2.70 bits per heavy atom. The van der Waals surface area contributed by atoms with E-state index in [2.05, 4.69) is 10.1 Å². The van der Waals surface area contributed by atoms with Gasteiger partial charge in [0.25, 0.3) is 0 Å². The van der Waals surface area contributed by atoms with E-state index in [1.54, 1.807) is 17.8 Å². The molecule has 1 atom stereocenters. The summed E-state index contributed by atoms with van der Waals surface area (Å²) in [6.45, 7) is 3.35. The lowest BCUT2D eigenvalue weighted by Gasteiger charge is -2.39. The van der Waals surface area contributed by atoms with Crippen molar-refractivity contribution in [2.24, 2.45) is 13.0 Å². The number of piperidine rings is 1. The minimum Gasteiger partial charge on any atom is -0.383 e. The molecule has 0 bridgehead atoms. The molecule has 0 unspecified atom stereocenters. The maximum absolute atomic E-state index is 13.0. The number of hydrogen-bond acceptors (Lipinski definition) is 5. The van der Waals surface area contributed by atoms with Gasteiger partial charge in [0.1, 0.15) is 11.4 Å². The average molecular weight is 371 g/mol. The summed E-state index contributed by atoms with van der Waals surface area (Å²) in [5.41, 5.74) is 0.576. The van der Waals surface area contributed by atoms with Crippen LogP contribution in [0.3, 0.4) is 0 Å². The molecule has 144 valence electrons. The van der Waals surface area contributed by atoms with Crippen molar-refractivity contribution in [3.63, 3.8) is 0 Å². The Morgan fingerprint density at radius 1 is 1.30 bits per heavy atom. The second-order valence-corrected chi connectivity index (χ2v) is 7.75. The predicted octanol–water partition coefficient (Wildman–Crippen LogP) is 0.358. The normalized spacial score (nSPS) is 21.7. The van der Waals surface area contributed by atoms with Crippen molar-refractivity contribution in [2.75, 3.05) is 13.1 Å². The number of likely N-dealkylation sites (tertiary alicyclic amines) is 1. The average Bonchev–Trinajstić information content (AvgIpc) is 2.96. The third kappa shape index (κ3) is 3.18. The zero-order valence-electron chi connectivity index (χ0n) is 15.8. The number of nitrogens with zero attached hydrogens (tertiary/aromatic N) is 5. The Kier molecular flexibility index (Phi) is 4.38. The topological polar surface area (TPSA) is 93.3 Å². The van der Waals surface area contributed by atoms with E-state index in [-0.39, 0.29) is 17.5 Å². The molecular formula is C19H25N5O3. The van der Waals surface area contributed by atoms with Gasteiger partial charge in [-0.2, -0.15) is 5.10 Å². The molecule has 8 heteroatoms. The lowest BCUT2D eigenvalue weighted by molar-refractivity contribution is -0.141. The van der Waals surface area contributed by atoms with Crippen molar-refractivity contribution in [1.82, 2.24) is 24.2 Å². The van der Waals surface area contributed by atoms with E-state index in [9.17, 15) is 14.7 Å². The largest absolute Gasteiger partial charge is 0.383 e. The first-order chi connectivity index (χ1) is 12.9. The van der Waals surface area contributed by atoms with Gasteiger partial charge in [0.2, 0.25) is 5.91 Å². The van der Waals surface area contributed by atoms with E-state index in [1.807, 2.05) is 24.0 Å². The number of fused-ring (bicyclic) bond motifs is 1. The van der Waals surface area contributed by atoms with Crippen molar-refractivity contribution in [2.45, 2.75) is 44.8 Å². The van der Waals surface area contributed by atoms with Gasteiger partial charge >= 0.3 is 5.69 Å². The molecule has 0 saturated carbocycles. The Labute approximate surface area is 157 Å². The molecule has 2 aromatic heterocycles. The Hall–Kier alpha value is -2.48. The highest BCUT2D eigenvalue weighted by Crippen LogP contribution is 2.32. The lowest BCUT2D eigenvalue weighted by atomic mass is 9.86. The highest BCUT2D eigenvalue weighted by molar-refractivity contribution is 5.79. The van der Waals surface area contributed by atoms with Crippen LogP contribution in [0.2, 0.25) is 0 Å². The first kappa shape index (κ1) is 17.9. The number of aliphatic hydroxyl groups is 1. The molecule has 1 fully saturated rings. The van der Waals surface area contributed by atoms with E-state index in [0.717, 1.165) is 11.4 Å². The number of aromatic nitrogens is 4. The van der Waals surface area contributed by atoms with Crippen molar-refractivity contribution >= 4 is 5.91 Å². The van der Waals surface area contributed by atoms with Gasteiger partial charge in [-0.25, -0.2) is 9.48 Å². The molecule has 8 nitrogen and oxygen atoms in total. The van der Waals surface area contributed by atoms with Crippen LogP contribution in [-0.4, -0.2) is 48.3 Å². The maximum atomic E-state index is 13.0. The SMILES string of the molecule is Cc1ccc(C2(O)CCN(C(=O)[C@H]3CCc4nn(C)c(=O)n4C3)CC2)nc1. The van der Waals surface area contributed by atoms with E-state index in [0.29, 0.717) is 51.0 Å². The summed E-state index contributed by atoms with van der Waals surface area (Å²) in [5.74, 6) is 0.614. The highest BCUT2D eigenvalue weighted by atomic mass is 16.3. The second-order valence-electron chi connectivity index (χ2n) is 7.75. The van der Waals surface area contributed by atoms with Crippen molar-refractivity contribution < 1.29 is 9.90 Å². The number of rotatable bonds is 2. The molecule has 0 radical (unpaired) electrons. The highest BCUT2D eigenvalue weighted by Gasteiger charge is 2.38. The minimum absolute atomic E-state index is 0.0651. The molecule has 0 aromatic carbocycles. The van der Waals surface area contributed by atoms with Gasteiger partial charge in [-0.3, -0.25) is 14.3 Å². The van der Waals surface area contributed by atoms with Crippen LogP contribution in [-0.2, 0) is 30.4 Å². The van der Waals surface area contributed by atoms with Crippen molar-refractivity contribution in [3.05, 3.63) is 45.9 Å².